The van der Waals surface area contributed by atoms with Gasteiger partial charge in [-0.2, -0.15) is 5.10 Å². The van der Waals surface area contributed by atoms with Gasteiger partial charge in [-0.25, -0.2) is 8.78 Å². The van der Waals surface area contributed by atoms with Gasteiger partial charge in [0.2, 0.25) is 0 Å². The molecule has 0 aliphatic heterocycles. The highest BCUT2D eigenvalue weighted by Gasteiger charge is 2.20. The Balaban J connectivity index is 2.15. The number of anilines is 2. The number of nitrogens with zero attached hydrogens (tertiary/aromatic N) is 2. The third-order valence-electron chi connectivity index (χ3n) is 2.76. The van der Waals surface area contributed by atoms with Crippen LogP contribution in [0.25, 0.3) is 0 Å². The van der Waals surface area contributed by atoms with Gasteiger partial charge < -0.3 is 15.8 Å². The van der Waals surface area contributed by atoms with Crippen molar-refractivity contribution >= 4 is 17.3 Å². The first kappa shape index (κ1) is 14.9. The fourth-order valence-electron chi connectivity index (χ4n) is 1.71. The molecule has 0 fully saturated rings. The zero-order valence-corrected chi connectivity index (χ0v) is 11.3. The van der Waals surface area contributed by atoms with Crippen LogP contribution in [0.5, 0.6) is 0 Å². The molecule has 1 heterocycles. The number of methoxy groups -OCH3 is 1. The molecule has 6 nitrogen and oxygen atoms in total. The van der Waals surface area contributed by atoms with Crippen molar-refractivity contribution in [2.45, 2.75) is 6.54 Å². The Labute approximate surface area is 119 Å². The number of amides is 1. The minimum absolute atomic E-state index is 0.294. The first-order valence-electron chi connectivity index (χ1n) is 6.09. The average molecular weight is 296 g/mol. The van der Waals surface area contributed by atoms with Crippen LogP contribution in [0.3, 0.4) is 0 Å². The minimum atomic E-state index is -1.08. The molecule has 8 heteroatoms. The molecule has 1 aromatic heterocycles. The number of hydrogen-bond acceptors (Lipinski definition) is 4. The largest absolute Gasteiger partial charge is 0.396 e. The molecule has 0 aliphatic carbocycles. The van der Waals surface area contributed by atoms with Gasteiger partial charge in [0.05, 0.1) is 30.7 Å². The molecule has 0 aliphatic rings. The Morgan fingerprint density at radius 3 is 2.95 bits per heavy atom. The molecule has 1 aromatic carbocycles. The van der Waals surface area contributed by atoms with E-state index in [1.54, 1.807) is 7.11 Å². The molecule has 3 N–H and O–H groups in total. The van der Waals surface area contributed by atoms with E-state index >= 15 is 0 Å². The summed E-state index contributed by atoms with van der Waals surface area (Å²) in [6, 6.07) is 2.00. The van der Waals surface area contributed by atoms with Gasteiger partial charge in [0.1, 0.15) is 11.4 Å². The maximum absolute atomic E-state index is 13.7. The van der Waals surface area contributed by atoms with E-state index in [0.29, 0.717) is 18.8 Å². The SMILES string of the molecule is COCCn1cc(NC(=O)c2c(F)ccc(N)c2F)cn1. The summed E-state index contributed by atoms with van der Waals surface area (Å²) >= 11 is 0. The third-order valence-corrected chi connectivity index (χ3v) is 2.76. The second-order valence-corrected chi connectivity index (χ2v) is 4.26. The summed E-state index contributed by atoms with van der Waals surface area (Å²) in [7, 11) is 1.55. The van der Waals surface area contributed by atoms with Crippen molar-refractivity contribution < 1.29 is 18.3 Å². The van der Waals surface area contributed by atoms with Crippen LogP contribution in [0.15, 0.2) is 24.5 Å². The van der Waals surface area contributed by atoms with E-state index in [0.717, 1.165) is 12.1 Å². The number of aromatic nitrogens is 2. The molecule has 112 valence electrons. The second-order valence-electron chi connectivity index (χ2n) is 4.26. The van der Waals surface area contributed by atoms with Crippen molar-refractivity contribution in [2.75, 3.05) is 24.8 Å². The van der Waals surface area contributed by atoms with E-state index in [9.17, 15) is 13.6 Å². The van der Waals surface area contributed by atoms with E-state index < -0.39 is 23.1 Å². The fraction of sp³-hybridized carbons (Fsp3) is 0.231. The first-order chi connectivity index (χ1) is 10.0. The van der Waals surface area contributed by atoms with Crippen molar-refractivity contribution in [3.8, 4) is 0 Å². The summed E-state index contributed by atoms with van der Waals surface area (Å²) in [5.41, 5.74) is 4.63. The Bertz CT molecular complexity index is 658. The number of nitrogen functional groups attached to an aromatic ring is 1. The van der Waals surface area contributed by atoms with Crippen LogP contribution in [0.2, 0.25) is 0 Å². The van der Waals surface area contributed by atoms with Gasteiger partial charge in [0, 0.05) is 13.3 Å². The highest BCUT2D eigenvalue weighted by molar-refractivity contribution is 6.05. The van der Waals surface area contributed by atoms with E-state index in [4.69, 9.17) is 10.5 Å². The van der Waals surface area contributed by atoms with Crippen LogP contribution in [0.4, 0.5) is 20.2 Å². The second kappa shape index (κ2) is 6.31. The van der Waals surface area contributed by atoms with Crippen molar-refractivity contribution in [1.29, 1.82) is 0 Å². The minimum Gasteiger partial charge on any atom is -0.396 e. The van der Waals surface area contributed by atoms with Gasteiger partial charge in [-0.05, 0) is 12.1 Å². The maximum Gasteiger partial charge on any atom is 0.261 e. The molecule has 0 saturated heterocycles. The number of nitrogens with one attached hydrogen (secondary N) is 1. The Kier molecular flexibility index (Phi) is 4.49. The summed E-state index contributed by atoms with van der Waals surface area (Å²) in [5.74, 6) is -2.99. The molecule has 0 atom stereocenters. The number of hydrogen-bond donors (Lipinski definition) is 2. The zero-order valence-electron chi connectivity index (χ0n) is 11.3. The zero-order chi connectivity index (χ0) is 15.4. The monoisotopic (exact) mass is 296 g/mol. The Morgan fingerprint density at radius 2 is 2.24 bits per heavy atom. The number of carbonyl (C=O) groups excluding carboxylic acids is 1. The smallest absolute Gasteiger partial charge is 0.261 e. The van der Waals surface area contributed by atoms with Gasteiger partial charge >= 0.3 is 0 Å². The topological polar surface area (TPSA) is 82.2 Å². The van der Waals surface area contributed by atoms with E-state index in [2.05, 4.69) is 10.4 Å². The van der Waals surface area contributed by atoms with E-state index in [1.165, 1.54) is 17.1 Å². The van der Waals surface area contributed by atoms with Gasteiger partial charge in [-0.15, -0.1) is 0 Å². The molecule has 2 aromatic rings. The lowest BCUT2D eigenvalue weighted by atomic mass is 10.1. The maximum atomic E-state index is 13.7. The summed E-state index contributed by atoms with van der Waals surface area (Å²) < 4.78 is 33.7. The third kappa shape index (κ3) is 3.34. The Morgan fingerprint density at radius 1 is 1.48 bits per heavy atom. The molecule has 0 radical (unpaired) electrons. The molecular weight excluding hydrogens is 282 g/mol. The predicted molar refractivity (Wildman–Crippen MR) is 72.8 cm³/mol. The molecule has 0 spiro atoms. The predicted octanol–water partition coefficient (Wildman–Crippen LogP) is 1.64. The van der Waals surface area contributed by atoms with E-state index in [-0.39, 0.29) is 5.69 Å². The van der Waals surface area contributed by atoms with Crippen LogP contribution in [-0.4, -0.2) is 29.4 Å². The van der Waals surface area contributed by atoms with Crippen LogP contribution >= 0.6 is 0 Å². The number of ether oxygens (including phenoxy) is 1. The van der Waals surface area contributed by atoms with Crippen LogP contribution in [0, 0.1) is 11.6 Å². The highest BCUT2D eigenvalue weighted by atomic mass is 19.1. The molecule has 0 saturated carbocycles. The molecule has 2 rings (SSSR count). The summed E-state index contributed by atoms with van der Waals surface area (Å²) in [6.45, 7) is 0.945. The van der Waals surface area contributed by atoms with Gasteiger partial charge in [0.15, 0.2) is 5.82 Å². The van der Waals surface area contributed by atoms with Crippen LogP contribution in [-0.2, 0) is 11.3 Å². The number of halogens is 2. The summed E-state index contributed by atoms with van der Waals surface area (Å²) in [5, 5.41) is 6.34. The number of nitrogens with two attached hydrogens (primary N) is 1. The lowest BCUT2D eigenvalue weighted by Crippen LogP contribution is -2.16. The molecule has 0 unspecified atom stereocenters. The molecular formula is C13H14F2N4O2. The number of rotatable bonds is 5. The fourth-order valence-corrected chi connectivity index (χ4v) is 1.71. The highest BCUT2D eigenvalue weighted by Crippen LogP contribution is 2.20. The van der Waals surface area contributed by atoms with Crippen LogP contribution < -0.4 is 11.1 Å². The van der Waals surface area contributed by atoms with Gasteiger partial charge in [0.25, 0.3) is 5.91 Å². The van der Waals surface area contributed by atoms with Crippen molar-refractivity contribution in [1.82, 2.24) is 9.78 Å². The lowest BCUT2D eigenvalue weighted by Gasteiger charge is -2.06. The normalized spacial score (nSPS) is 10.6. The number of carbonyl (C=O) groups is 1. The van der Waals surface area contributed by atoms with Crippen molar-refractivity contribution in [3.63, 3.8) is 0 Å². The Hall–Kier alpha value is -2.48. The first-order valence-corrected chi connectivity index (χ1v) is 6.09. The summed E-state index contributed by atoms with van der Waals surface area (Å²) in [6.07, 6.45) is 2.90. The number of benzene rings is 1. The lowest BCUT2D eigenvalue weighted by molar-refractivity contribution is 0.101. The molecule has 0 bridgehead atoms. The van der Waals surface area contributed by atoms with Crippen molar-refractivity contribution in [3.05, 3.63) is 41.7 Å². The van der Waals surface area contributed by atoms with Gasteiger partial charge in [-0.3, -0.25) is 9.48 Å². The van der Waals surface area contributed by atoms with E-state index in [1.807, 2.05) is 0 Å². The quantitative estimate of drug-likeness (QED) is 0.822. The van der Waals surface area contributed by atoms with Crippen molar-refractivity contribution in [2.24, 2.45) is 0 Å². The standard InChI is InChI=1S/C13H14F2N4O2/c1-21-5-4-19-7-8(6-17-19)18-13(20)11-9(14)2-3-10(16)12(11)15/h2-3,6-7H,4-5,16H2,1H3,(H,18,20). The van der Waals surface area contributed by atoms with Crippen LogP contribution in [0.1, 0.15) is 10.4 Å². The molecule has 1 amide bonds. The molecule has 21 heavy (non-hydrogen) atoms. The summed E-state index contributed by atoms with van der Waals surface area (Å²) in [4.78, 5) is 11.9. The van der Waals surface area contributed by atoms with Gasteiger partial charge in [-0.1, -0.05) is 0 Å². The average Bonchev–Trinajstić information content (AvgIpc) is 2.88.